The molecule has 2 aromatic carbocycles. The molecule has 0 aliphatic rings. The summed E-state index contributed by atoms with van der Waals surface area (Å²) >= 11 is 6.00. The summed E-state index contributed by atoms with van der Waals surface area (Å²) in [4.78, 5) is 29.2. The number of methoxy groups -OCH3 is 1. The molecular formula is C21H19ClN4O3. The van der Waals surface area contributed by atoms with E-state index in [-0.39, 0.29) is 0 Å². The van der Waals surface area contributed by atoms with E-state index in [4.69, 9.17) is 16.3 Å². The highest BCUT2D eigenvalue weighted by molar-refractivity contribution is 6.33. The number of benzene rings is 2. The lowest BCUT2D eigenvalue weighted by atomic mass is 10.0. The predicted molar refractivity (Wildman–Crippen MR) is 112 cm³/mol. The smallest absolute Gasteiger partial charge is 0.337 e. The second kappa shape index (κ2) is 9.07. The topological polar surface area (TPSA) is 92.3 Å². The number of aryl methyl sites for hydroxylation is 1. The Morgan fingerprint density at radius 3 is 2.38 bits per heavy atom. The monoisotopic (exact) mass is 410 g/mol. The summed E-state index contributed by atoms with van der Waals surface area (Å²) in [7, 11) is 1.58. The minimum atomic E-state index is -0.627. The number of aromatic nitrogens is 1. The zero-order chi connectivity index (χ0) is 20.8. The Morgan fingerprint density at radius 2 is 1.69 bits per heavy atom. The molecule has 3 rings (SSSR count). The molecule has 0 aliphatic carbocycles. The van der Waals surface area contributed by atoms with Crippen LogP contribution >= 0.6 is 11.6 Å². The average Bonchev–Trinajstić information content (AvgIpc) is 2.73. The number of nitrogens with zero attached hydrogens (tertiary/aromatic N) is 1. The fraction of sp³-hybridized carbons (Fsp3) is 0.0952. The van der Waals surface area contributed by atoms with Gasteiger partial charge in [-0.1, -0.05) is 23.7 Å². The van der Waals surface area contributed by atoms with Gasteiger partial charge < -0.3 is 10.1 Å². The van der Waals surface area contributed by atoms with E-state index >= 15 is 0 Å². The summed E-state index contributed by atoms with van der Waals surface area (Å²) in [5, 5.41) is 2.95. The van der Waals surface area contributed by atoms with Crippen molar-refractivity contribution in [2.24, 2.45) is 0 Å². The van der Waals surface area contributed by atoms with Gasteiger partial charge in [-0.15, -0.1) is 0 Å². The molecule has 0 unspecified atom stereocenters. The van der Waals surface area contributed by atoms with Crippen LogP contribution in [0.4, 0.5) is 10.5 Å². The molecule has 7 nitrogen and oxygen atoms in total. The first-order chi connectivity index (χ1) is 14.0. The van der Waals surface area contributed by atoms with Crippen LogP contribution in [-0.2, 0) is 0 Å². The highest BCUT2D eigenvalue weighted by Crippen LogP contribution is 2.24. The molecule has 1 heterocycles. The molecule has 0 aliphatic heterocycles. The number of urea groups is 1. The molecule has 148 valence electrons. The number of amides is 3. The lowest BCUT2D eigenvalue weighted by Gasteiger charge is -2.13. The second-order valence-electron chi connectivity index (χ2n) is 6.09. The SMILES string of the molecule is COc1ccc(-c2nc(C)ccc2C(=O)NNC(=O)Nc2ccccc2Cl)cc1. The van der Waals surface area contributed by atoms with E-state index in [0.717, 1.165) is 11.3 Å². The van der Waals surface area contributed by atoms with Gasteiger partial charge >= 0.3 is 6.03 Å². The highest BCUT2D eigenvalue weighted by atomic mass is 35.5. The van der Waals surface area contributed by atoms with Crippen LogP contribution in [0.5, 0.6) is 5.75 Å². The van der Waals surface area contributed by atoms with Gasteiger partial charge in [0, 0.05) is 11.3 Å². The number of anilines is 1. The molecule has 8 heteroatoms. The van der Waals surface area contributed by atoms with E-state index in [2.05, 4.69) is 21.2 Å². The van der Waals surface area contributed by atoms with Gasteiger partial charge in [-0.05, 0) is 55.5 Å². The number of carbonyl (C=O) groups excluding carboxylic acids is 2. The Morgan fingerprint density at radius 1 is 0.966 bits per heavy atom. The zero-order valence-electron chi connectivity index (χ0n) is 15.8. The summed E-state index contributed by atoms with van der Waals surface area (Å²) in [5.41, 5.74) is 7.45. The molecule has 0 radical (unpaired) electrons. The maximum Gasteiger partial charge on any atom is 0.337 e. The number of nitrogens with one attached hydrogen (secondary N) is 3. The van der Waals surface area contributed by atoms with Gasteiger partial charge in [-0.2, -0.15) is 0 Å². The Bertz CT molecular complexity index is 1040. The number of hydrogen-bond donors (Lipinski definition) is 3. The quantitative estimate of drug-likeness (QED) is 0.562. The molecule has 29 heavy (non-hydrogen) atoms. The van der Waals surface area contributed by atoms with Crippen molar-refractivity contribution in [3.63, 3.8) is 0 Å². The average molecular weight is 411 g/mol. The first-order valence-corrected chi connectivity index (χ1v) is 9.09. The Kier molecular flexibility index (Phi) is 6.31. The molecule has 0 spiro atoms. The number of rotatable bonds is 4. The van der Waals surface area contributed by atoms with E-state index in [0.29, 0.717) is 27.7 Å². The van der Waals surface area contributed by atoms with Crippen molar-refractivity contribution in [2.45, 2.75) is 6.92 Å². The largest absolute Gasteiger partial charge is 0.497 e. The maximum absolute atomic E-state index is 12.7. The molecule has 0 saturated heterocycles. The zero-order valence-corrected chi connectivity index (χ0v) is 16.6. The Hall–Kier alpha value is -3.58. The van der Waals surface area contributed by atoms with Gasteiger partial charge in [0.25, 0.3) is 5.91 Å². The third-order valence-electron chi connectivity index (χ3n) is 4.05. The third kappa shape index (κ3) is 5.03. The fourth-order valence-corrected chi connectivity index (χ4v) is 2.79. The Balaban J connectivity index is 1.73. The van der Waals surface area contributed by atoms with Crippen molar-refractivity contribution >= 4 is 29.2 Å². The number of halogens is 1. The minimum absolute atomic E-state index is 0.318. The highest BCUT2D eigenvalue weighted by Gasteiger charge is 2.16. The lowest BCUT2D eigenvalue weighted by Crippen LogP contribution is -2.44. The molecule has 3 aromatic rings. The summed E-state index contributed by atoms with van der Waals surface area (Å²) in [5.74, 6) is 0.197. The van der Waals surface area contributed by atoms with Crippen molar-refractivity contribution in [3.8, 4) is 17.0 Å². The van der Waals surface area contributed by atoms with Crippen LogP contribution in [0.1, 0.15) is 16.1 Å². The van der Waals surface area contributed by atoms with Crippen LogP contribution in [0.25, 0.3) is 11.3 Å². The summed E-state index contributed by atoms with van der Waals surface area (Å²) in [6.45, 7) is 1.84. The minimum Gasteiger partial charge on any atom is -0.497 e. The molecule has 0 saturated carbocycles. The van der Waals surface area contributed by atoms with E-state index in [9.17, 15) is 9.59 Å². The van der Waals surface area contributed by atoms with E-state index in [1.54, 1.807) is 55.6 Å². The van der Waals surface area contributed by atoms with Crippen LogP contribution in [0.2, 0.25) is 5.02 Å². The van der Waals surface area contributed by atoms with Gasteiger partial charge in [0.15, 0.2) is 0 Å². The van der Waals surface area contributed by atoms with Crippen LogP contribution in [0, 0.1) is 6.92 Å². The predicted octanol–water partition coefficient (Wildman–Crippen LogP) is 4.19. The first kappa shape index (κ1) is 20.2. The van der Waals surface area contributed by atoms with Crippen molar-refractivity contribution < 1.29 is 14.3 Å². The molecule has 0 fully saturated rings. The van der Waals surface area contributed by atoms with Crippen LogP contribution in [0.15, 0.2) is 60.7 Å². The third-order valence-corrected chi connectivity index (χ3v) is 4.38. The number of pyridine rings is 1. The molecular weight excluding hydrogens is 392 g/mol. The van der Waals surface area contributed by atoms with Gasteiger partial charge in [-0.25, -0.2) is 10.2 Å². The van der Waals surface area contributed by atoms with Crippen LogP contribution < -0.4 is 20.9 Å². The van der Waals surface area contributed by atoms with E-state index in [1.807, 2.05) is 19.1 Å². The molecule has 1 aromatic heterocycles. The van der Waals surface area contributed by atoms with Crippen molar-refractivity contribution in [3.05, 3.63) is 76.9 Å². The number of hydrogen-bond acceptors (Lipinski definition) is 4. The summed E-state index contributed by atoms with van der Waals surface area (Å²) in [6.07, 6.45) is 0. The number of hydrazine groups is 1. The summed E-state index contributed by atoms with van der Waals surface area (Å²) < 4.78 is 5.17. The van der Waals surface area contributed by atoms with Crippen molar-refractivity contribution in [2.75, 3.05) is 12.4 Å². The van der Waals surface area contributed by atoms with Crippen molar-refractivity contribution in [1.29, 1.82) is 0 Å². The lowest BCUT2D eigenvalue weighted by molar-refractivity contribution is 0.0938. The van der Waals surface area contributed by atoms with Crippen molar-refractivity contribution in [1.82, 2.24) is 15.8 Å². The van der Waals surface area contributed by atoms with E-state index in [1.165, 1.54) is 0 Å². The van der Waals surface area contributed by atoms with Crippen LogP contribution in [-0.4, -0.2) is 24.0 Å². The molecule has 0 atom stereocenters. The summed E-state index contributed by atoms with van der Waals surface area (Å²) in [6, 6.07) is 16.7. The number of para-hydroxylation sites is 1. The van der Waals surface area contributed by atoms with E-state index < -0.39 is 11.9 Å². The van der Waals surface area contributed by atoms with Gasteiger partial charge in [0.05, 0.1) is 29.1 Å². The Labute approximate surface area is 173 Å². The van der Waals surface area contributed by atoms with Gasteiger partial charge in [0.2, 0.25) is 0 Å². The first-order valence-electron chi connectivity index (χ1n) is 8.72. The second-order valence-corrected chi connectivity index (χ2v) is 6.50. The number of carbonyl (C=O) groups is 2. The molecule has 3 amide bonds. The van der Waals surface area contributed by atoms with Crippen LogP contribution in [0.3, 0.4) is 0 Å². The van der Waals surface area contributed by atoms with Gasteiger partial charge in [-0.3, -0.25) is 15.2 Å². The molecule has 3 N–H and O–H groups in total. The maximum atomic E-state index is 12.7. The standard InChI is InChI=1S/C21H19ClN4O3/c1-13-7-12-16(19(23-13)14-8-10-15(29-2)11-9-14)20(27)25-26-21(28)24-18-6-4-3-5-17(18)22/h3-12H,1-2H3,(H,25,27)(H2,24,26,28). The molecule has 0 bridgehead atoms. The normalized spacial score (nSPS) is 10.2. The fourth-order valence-electron chi connectivity index (χ4n) is 2.61. The van der Waals surface area contributed by atoms with Gasteiger partial charge in [0.1, 0.15) is 5.75 Å². The number of ether oxygens (including phenoxy) is 1.